The Balaban J connectivity index is 2.03. The van der Waals surface area contributed by atoms with Gasteiger partial charge in [0.05, 0.1) is 5.57 Å². The molecule has 2 amide bonds. The zero-order chi connectivity index (χ0) is 17.7. The molecule has 0 saturated carbocycles. The second-order valence-electron chi connectivity index (χ2n) is 6.55. The molecule has 1 aromatic carbocycles. The van der Waals surface area contributed by atoms with Crippen LogP contribution in [0.25, 0.3) is 5.57 Å². The number of amides is 2. The van der Waals surface area contributed by atoms with Crippen LogP contribution in [0.2, 0.25) is 0 Å². The average Bonchev–Trinajstić information content (AvgIpc) is 2.76. The number of carbonyl (C=O) groups excluding carboxylic acids is 2. The first-order valence-electron chi connectivity index (χ1n) is 8.84. The molecule has 130 valence electrons. The second kappa shape index (κ2) is 8.13. The van der Waals surface area contributed by atoms with Gasteiger partial charge in [0.1, 0.15) is 0 Å². The fourth-order valence-electron chi connectivity index (χ4n) is 2.97. The molecular weight excluding hydrogens is 302 g/mol. The predicted octanol–water partition coefficient (Wildman–Crippen LogP) is 4.30. The third-order valence-electron chi connectivity index (χ3n) is 4.67. The molecular formula is C20H27NO3. The number of hydrogen-bond donors (Lipinski definition) is 1. The lowest BCUT2D eigenvalue weighted by Crippen LogP contribution is -2.32. The van der Waals surface area contributed by atoms with Crippen molar-refractivity contribution in [2.75, 3.05) is 6.54 Å². The Morgan fingerprint density at radius 3 is 2.25 bits per heavy atom. The van der Waals surface area contributed by atoms with Crippen molar-refractivity contribution in [3.05, 3.63) is 40.6 Å². The van der Waals surface area contributed by atoms with E-state index >= 15 is 0 Å². The highest BCUT2D eigenvalue weighted by Gasteiger charge is 2.38. The summed E-state index contributed by atoms with van der Waals surface area (Å²) in [7, 11) is 0. The van der Waals surface area contributed by atoms with Gasteiger partial charge in [0.2, 0.25) is 0 Å². The van der Waals surface area contributed by atoms with E-state index in [1.165, 1.54) is 24.2 Å². The molecule has 0 fully saturated rings. The lowest BCUT2D eigenvalue weighted by Gasteiger charge is -2.14. The maximum absolute atomic E-state index is 12.6. The molecule has 0 aromatic heterocycles. The Kier molecular flexibility index (Phi) is 6.18. The quantitative estimate of drug-likeness (QED) is 0.571. The number of aliphatic hydroxyl groups excluding tert-OH is 1. The molecule has 1 aliphatic heterocycles. The van der Waals surface area contributed by atoms with Gasteiger partial charge in [-0.15, -0.1) is 0 Å². The first kappa shape index (κ1) is 18.2. The molecule has 1 aliphatic rings. The summed E-state index contributed by atoms with van der Waals surface area (Å²) in [5.74, 6) is -1.37. The number of benzene rings is 1. The van der Waals surface area contributed by atoms with Gasteiger partial charge in [-0.1, -0.05) is 57.2 Å². The van der Waals surface area contributed by atoms with Crippen LogP contribution in [0.5, 0.6) is 0 Å². The maximum Gasteiger partial charge on any atom is 0.296 e. The molecule has 0 radical (unpaired) electrons. The van der Waals surface area contributed by atoms with Crippen molar-refractivity contribution in [2.45, 2.75) is 59.3 Å². The predicted molar refractivity (Wildman–Crippen MR) is 95.6 cm³/mol. The molecule has 0 saturated heterocycles. The Labute approximate surface area is 144 Å². The van der Waals surface area contributed by atoms with Crippen molar-refractivity contribution in [1.82, 2.24) is 4.90 Å². The zero-order valence-electron chi connectivity index (χ0n) is 14.9. The smallest absolute Gasteiger partial charge is 0.296 e. The summed E-state index contributed by atoms with van der Waals surface area (Å²) < 4.78 is 0. The first-order valence-corrected chi connectivity index (χ1v) is 8.84. The molecule has 4 heteroatoms. The second-order valence-corrected chi connectivity index (χ2v) is 6.55. The number of aryl methyl sites for hydroxylation is 2. The largest absolute Gasteiger partial charge is 0.502 e. The van der Waals surface area contributed by atoms with Gasteiger partial charge in [0.25, 0.3) is 11.8 Å². The highest BCUT2D eigenvalue weighted by Crippen LogP contribution is 2.29. The maximum atomic E-state index is 12.6. The molecule has 0 unspecified atom stereocenters. The van der Waals surface area contributed by atoms with Crippen molar-refractivity contribution in [2.24, 2.45) is 0 Å². The number of carbonyl (C=O) groups is 2. The molecule has 4 nitrogen and oxygen atoms in total. The number of rotatable bonds is 8. The van der Waals surface area contributed by atoms with Crippen LogP contribution >= 0.6 is 0 Å². The van der Waals surface area contributed by atoms with E-state index in [2.05, 4.69) is 6.92 Å². The number of nitrogens with zero attached hydrogens (tertiary/aromatic N) is 1. The Morgan fingerprint density at radius 2 is 1.58 bits per heavy atom. The Hall–Kier alpha value is -2.10. The zero-order valence-corrected chi connectivity index (χ0v) is 14.9. The Bertz CT molecular complexity index is 661. The van der Waals surface area contributed by atoms with E-state index in [1.807, 2.05) is 26.0 Å². The summed E-state index contributed by atoms with van der Waals surface area (Å²) in [5.41, 5.74) is 2.88. The minimum Gasteiger partial charge on any atom is -0.502 e. The van der Waals surface area contributed by atoms with Crippen LogP contribution in [0.3, 0.4) is 0 Å². The van der Waals surface area contributed by atoms with E-state index in [0.717, 1.165) is 30.4 Å². The normalized spacial score (nSPS) is 14.9. The van der Waals surface area contributed by atoms with Gasteiger partial charge in [-0.05, 0) is 37.0 Å². The van der Waals surface area contributed by atoms with Crippen LogP contribution in [0.4, 0.5) is 0 Å². The van der Waals surface area contributed by atoms with E-state index in [4.69, 9.17) is 0 Å². The van der Waals surface area contributed by atoms with Crippen LogP contribution in [0, 0.1) is 13.8 Å². The van der Waals surface area contributed by atoms with Crippen molar-refractivity contribution >= 4 is 17.4 Å². The fraction of sp³-hybridized carbons (Fsp3) is 0.500. The molecule has 0 atom stereocenters. The topological polar surface area (TPSA) is 57.6 Å². The summed E-state index contributed by atoms with van der Waals surface area (Å²) in [6.45, 7) is 6.48. The van der Waals surface area contributed by atoms with Crippen LogP contribution in [-0.2, 0) is 9.59 Å². The molecule has 0 aliphatic carbocycles. The van der Waals surface area contributed by atoms with Gasteiger partial charge in [0.15, 0.2) is 5.76 Å². The van der Waals surface area contributed by atoms with Crippen LogP contribution in [0.15, 0.2) is 24.0 Å². The molecule has 1 N–H and O–H groups in total. The van der Waals surface area contributed by atoms with Crippen molar-refractivity contribution in [1.29, 1.82) is 0 Å². The van der Waals surface area contributed by atoms with E-state index in [9.17, 15) is 14.7 Å². The van der Waals surface area contributed by atoms with Crippen molar-refractivity contribution in [3.63, 3.8) is 0 Å². The average molecular weight is 329 g/mol. The summed E-state index contributed by atoms with van der Waals surface area (Å²) in [4.78, 5) is 26.0. The van der Waals surface area contributed by atoms with E-state index in [0.29, 0.717) is 12.1 Å². The summed E-state index contributed by atoms with van der Waals surface area (Å²) in [6.07, 6.45) is 6.51. The minimum atomic E-state index is -0.568. The third kappa shape index (κ3) is 3.86. The van der Waals surface area contributed by atoms with Crippen LogP contribution < -0.4 is 0 Å². The highest BCUT2D eigenvalue weighted by atomic mass is 16.3. The van der Waals surface area contributed by atoms with Crippen LogP contribution in [0.1, 0.15) is 62.1 Å². The van der Waals surface area contributed by atoms with E-state index < -0.39 is 11.7 Å². The SMILES string of the molecule is CCCCCCCCN1C(=O)C(O)=C(c2ccc(C)c(C)c2)C1=O. The Morgan fingerprint density at radius 1 is 0.917 bits per heavy atom. The van der Waals surface area contributed by atoms with Gasteiger partial charge < -0.3 is 5.11 Å². The number of aliphatic hydroxyl groups is 1. The summed E-state index contributed by atoms with van der Waals surface area (Å²) in [5, 5.41) is 10.2. The van der Waals surface area contributed by atoms with Gasteiger partial charge in [-0.3, -0.25) is 14.5 Å². The number of unbranched alkanes of at least 4 members (excludes halogenated alkanes) is 5. The standard InChI is InChI=1S/C20H27NO3/c1-4-5-6-7-8-9-12-21-19(23)17(18(22)20(21)24)16-11-10-14(2)15(3)13-16/h10-11,13,22H,4-9,12H2,1-3H3. The molecule has 1 heterocycles. The molecule has 0 bridgehead atoms. The third-order valence-corrected chi connectivity index (χ3v) is 4.67. The van der Waals surface area contributed by atoms with E-state index in [-0.39, 0.29) is 11.5 Å². The van der Waals surface area contributed by atoms with Gasteiger partial charge in [-0.2, -0.15) is 0 Å². The van der Waals surface area contributed by atoms with Crippen LogP contribution in [-0.4, -0.2) is 28.4 Å². The number of imide groups is 1. The summed E-state index contributed by atoms with van der Waals surface area (Å²) >= 11 is 0. The first-order chi connectivity index (χ1) is 11.5. The fourth-order valence-corrected chi connectivity index (χ4v) is 2.97. The monoisotopic (exact) mass is 329 g/mol. The van der Waals surface area contributed by atoms with E-state index in [1.54, 1.807) is 6.07 Å². The lowest BCUT2D eigenvalue weighted by atomic mass is 10.00. The van der Waals surface area contributed by atoms with Gasteiger partial charge >= 0.3 is 0 Å². The summed E-state index contributed by atoms with van der Waals surface area (Å²) in [6, 6.07) is 5.53. The molecule has 2 rings (SSSR count). The minimum absolute atomic E-state index is 0.133. The number of hydrogen-bond acceptors (Lipinski definition) is 3. The van der Waals surface area contributed by atoms with Gasteiger partial charge in [0, 0.05) is 6.54 Å². The van der Waals surface area contributed by atoms with Crippen molar-refractivity contribution in [3.8, 4) is 0 Å². The highest BCUT2D eigenvalue weighted by molar-refractivity contribution is 6.34. The molecule has 0 spiro atoms. The lowest BCUT2D eigenvalue weighted by molar-refractivity contribution is -0.138. The van der Waals surface area contributed by atoms with Crippen molar-refractivity contribution < 1.29 is 14.7 Å². The molecule has 24 heavy (non-hydrogen) atoms. The molecule has 1 aromatic rings. The van der Waals surface area contributed by atoms with Gasteiger partial charge in [-0.25, -0.2) is 0 Å².